The van der Waals surface area contributed by atoms with Crippen molar-refractivity contribution in [3.63, 3.8) is 0 Å². The Balaban J connectivity index is 3.42. The molecule has 0 saturated heterocycles. The predicted molar refractivity (Wildman–Crippen MR) is 61.1 cm³/mol. The van der Waals surface area contributed by atoms with Gasteiger partial charge in [0.2, 0.25) is 0 Å². The molecule has 1 nitrogen and oxygen atoms in total. The van der Waals surface area contributed by atoms with E-state index in [1.54, 1.807) is 0 Å². The Bertz CT molecular complexity index is 129. The highest BCUT2D eigenvalue weighted by molar-refractivity contribution is 4.92. The topological polar surface area (TPSA) is 3.24 Å². The quantitative estimate of drug-likeness (QED) is 0.521. The van der Waals surface area contributed by atoms with Gasteiger partial charge in [0.05, 0.1) is 0 Å². The van der Waals surface area contributed by atoms with Crippen LogP contribution in [0.15, 0.2) is 12.2 Å². The Labute approximate surface area is 83.8 Å². The Kier molecular flexibility index (Phi) is 8.11. The normalized spacial score (nSPS) is 10.8. The summed E-state index contributed by atoms with van der Waals surface area (Å²) in [6.45, 7) is 14.4. The molecule has 0 unspecified atom stereocenters. The van der Waals surface area contributed by atoms with E-state index < -0.39 is 0 Å². The number of nitrogens with zero attached hydrogens (tertiary/aromatic N) is 1. The molecule has 0 N–H and O–H groups in total. The zero-order valence-corrected chi connectivity index (χ0v) is 9.60. The lowest BCUT2D eigenvalue weighted by molar-refractivity contribution is 0.285. The van der Waals surface area contributed by atoms with E-state index >= 15 is 0 Å². The van der Waals surface area contributed by atoms with E-state index in [2.05, 4.69) is 32.3 Å². The molecule has 0 aliphatic heterocycles. The molecule has 78 valence electrons. The smallest absolute Gasteiger partial charge is 0.00158 e. The number of allylic oxidation sites excluding steroid dienone is 1. The molecule has 0 fully saturated rings. The maximum atomic E-state index is 4.02. The van der Waals surface area contributed by atoms with Crippen molar-refractivity contribution in [2.75, 3.05) is 19.6 Å². The van der Waals surface area contributed by atoms with Gasteiger partial charge in [0.15, 0.2) is 0 Å². The molecule has 0 radical (unpaired) electrons. The fourth-order valence-electron chi connectivity index (χ4n) is 1.47. The van der Waals surface area contributed by atoms with Gasteiger partial charge in [-0.15, -0.1) is 0 Å². The Morgan fingerprint density at radius 1 is 1.15 bits per heavy atom. The predicted octanol–water partition coefficient (Wildman–Crippen LogP) is 3.46. The van der Waals surface area contributed by atoms with Gasteiger partial charge in [-0.25, -0.2) is 0 Å². The second kappa shape index (κ2) is 8.31. The molecule has 0 heterocycles. The van der Waals surface area contributed by atoms with Crippen molar-refractivity contribution in [3.8, 4) is 0 Å². The van der Waals surface area contributed by atoms with Crippen molar-refractivity contribution in [2.24, 2.45) is 0 Å². The highest BCUT2D eigenvalue weighted by atomic mass is 15.1. The summed E-state index contributed by atoms with van der Waals surface area (Å²) in [5.41, 5.74) is 1.40. The minimum Gasteiger partial charge on any atom is -0.304 e. The monoisotopic (exact) mass is 183 g/mol. The van der Waals surface area contributed by atoms with Crippen LogP contribution in [0.5, 0.6) is 0 Å². The molecule has 0 aliphatic rings. The Hall–Kier alpha value is -0.300. The van der Waals surface area contributed by atoms with E-state index in [1.807, 2.05) is 0 Å². The molecule has 0 rings (SSSR count). The van der Waals surface area contributed by atoms with Gasteiger partial charge in [-0.3, -0.25) is 0 Å². The van der Waals surface area contributed by atoms with Crippen LogP contribution in [0.3, 0.4) is 0 Å². The molecule has 0 amide bonds. The first-order valence-electron chi connectivity index (χ1n) is 5.63. The van der Waals surface area contributed by atoms with Crippen molar-refractivity contribution in [1.82, 2.24) is 4.90 Å². The molecular formula is C12H25N. The lowest BCUT2D eigenvalue weighted by Gasteiger charge is -2.19. The van der Waals surface area contributed by atoms with Gasteiger partial charge >= 0.3 is 0 Å². The highest BCUT2D eigenvalue weighted by Crippen LogP contribution is 2.07. The summed E-state index contributed by atoms with van der Waals surface area (Å²) in [5, 5.41) is 0. The van der Waals surface area contributed by atoms with Crippen molar-refractivity contribution < 1.29 is 0 Å². The second-order valence-corrected chi connectivity index (χ2v) is 3.64. The summed E-state index contributed by atoms with van der Waals surface area (Å²) in [5.74, 6) is 0. The molecule has 13 heavy (non-hydrogen) atoms. The minimum atomic E-state index is 1.14. The largest absolute Gasteiger partial charge is 0.304 e. The van der Waals surface area contributed by atoms with Crippen molar-refractivity contribution in [2.45, 2.75) is 46.5 Å². The van der Waals surface area contributed by atoms with Gasteiger partial charge in [-0.2, -0.15) is 0 Å². The average molecular weight is 183 g/mol. The molecule has 0 saturated carbocycles. The summed E-state index contributed by atoms with van der Waals surface area (Å²) in [7, 11) is 0. The van der Waals surface area contributed by atoms with Gasteiger partial charge in [0, 0.05) is 0 Å². The SMILES string of the molecule is C=C(CC)CCCN(CC)CCC. The highest BCUT2D eigenvalue weighted by Gasteiger charge is 2.00. The minimum absolute atomic E-state index is 1.14. The van der Waals surface area contributed by atoms with E-state index in [4.69, 9.17) is 0 Å². The van der Waals surface area contributed by atoms with Crippen LogP contribution >= 0.6 is 0 Å². The fraction of sp³-hybridized carbons (Fsp3) is 0.833. The molecule has 0 aromatic carbocycles. The second-order valence-electron chi connectivity index (χ2n) is 3.64. The van der Waals surface area contributed by atoms with Gasteiger partial charge in [-0.1, -0.05) is 32.9 Å². The van der Waals surface area contributed by atoms with Crippen LogP contribution in [0.2, 0.25) is 0 Å². The van der Waals surface area contributed by atoms with Crippen LogP contribution in [-0.2, 0) is 0 Å². The summed E-state index contributed by atoms with van der Waals surface area (Å²) >= 11 is 0. The molecule has 1 heteroatoms. The van der Waals surface area contributed by atoms with Gasteiger partial charge in [-0.05, 0) is 45.3 Å². The first kappa shape index (κ1) is 12.7. The first-order valence-corrected chi connectivity index (χ1v) is 5.63. The maximum absolute atomic E-state index is 4.02. The zero-order chi connectivity index (χ0) is 10.1. The summed E-state index contributed by atoms with van der Waals surface area (Å²) in [6, 6.07) is 0. The van der Waals surface area contributed by atoms with Gasteiger partial charge in [0.25, 0.3) is 0 Å². The first-order chi connectivity index (χ1) is 6.24. The standard InChI is InChI=1S/C12H25N/c1-5-10-13(7-3)11-8-9-12(4)6-2/h4-11H2,1-3H3. The molecule has 0 bridgehead atoms. The van der Waals surface area contributed by atoms with Crippen LogP contribution in [-0.4, -0.2) is 24.5 Å². The summed E-state index contributed by atoms with van der Waals surface area (Å²) < 4.78 is 0. The Morgan fingerprint density at radius 2 is 1.85 bits per heavy atom. The average Bonchev–Trinajstić information content (AvgIpc) is 2.16. The molecular weight excluding hydrogens is 158 g/mol. The van der Waals surface area contributed by atoms with Crippen LogP contribution in [0, 0.1) is 0 Å². The third-order valence-electron chi connectivity index (χ3n) is 2.49. The molecule has 0 aromatic rings. The molecule has 0 atom stereocenters. The van der Waals surface area contributed by atoms with Crippen molar-refractivity contribution in [1.29, 1.82) is 0 Å². The lowest BCUT2D eigenvalue weighted by atomic mass is 10.1. The van der Waals surface area contributed by atoms with Crippen molar-refractivity contribution in [3.05, 3.63) is 12.2 Å². The summed E-state index contributed by atoms with van der Waals surface area (Å²) in [6.07, 6.45) is 4.89. The van der Waals surface area contributed by atoms with Gasteiger partial charge in [0.1, 0.15) is 0 Å². The van der Waals surface area contributed by atoms with Crippen molar-refractivity contribution >= 4 is 0 Å². The number of hydrogen-bond donors (Lipinski definition) is 0. The third-order valence-corrected chi connectivity index (χ3v) is 2.49. The van der Waals surface area contributed by atoms with Crippen LogP contribution in [0.1, 0.15) is 46.5 Å². The fourth-order valence-corrected chi connectivity index (χ4v) is 1.47. The van der Waals surface area contributed by atoms with Crippen LogP contribution in [0.25, 0.3) is 0 Å². The molecule has 0 aliphatic carbocycles. The molecule has 0 aromatic heterocycles. The van der Waals surface area contributed by atoms with Gasteiger partial charge < -0.3 is 4.90 Å². The van der Waals surface area contributed by atoms with E-state index in [-0.39, 0.29) is 0 Å². The Morgan fingerprint density at radius 3 is 2.31 bits per heavy atom. The lowest BCUT2D eigenvalue weighted by Crippen LogP contribution is -2.25. The third kappa shape index (κ3) is 6.83. The summed E-state index contributed by atoms with van der Waals surface area (Å²) in [4.78, 5) is 2.52. The van der Waals surface area contributed by atoms with E-state index in [0.29, 0.717) is 0 Å². The van der Waals surface area contributed by atoms with E-state index in [9.17, 15) is 0 Å². The zero-order valence-electron chi connectivity index (χ0n) is 9.60. The molecule has 0 spiro atoms. The number of rotatable bonds is 8. The maximum Gasteiger partial charge on any atom is -0.00158 e. The van der Waals surface area contributed by atoms with E-state index in [1.165, 1.54) is 44.5 Å². The number of hydrogen-bond acceptors (Lipinski definition) is 1. The van der Waals surface area contributed by atoms with E-state index in [0.717, 1.165) is 6.42 Å². The van der Waals surface area contributed by atoms with Crippen LogP contribution in [0.4, 0.5) is 0 Å². The van der Waals surface area contributed by atoms with Crippen LogP contribution < -0.4 is 0 Å².